The molecule has 0 saturated carbocycles. The minimum atomic E-state index is -0.847. The Kier molecular flexibility index (Phi) is 5.35. The largest absolute Gasteiger partial charge is 0.463 e. The number of rotatable bonds is 5. The maximum atomic E-state index is 11.5. The topological polar surface area (TPSA) is 78.9 Å². The second kappa shape index (κ2) is 6.78. The first-order chi connectivity index (χ1) is 8.52. The molecule has 1 aliphatic heterocycles. The number of carbonyl (C=O) groups is 3. The van der Waals surface area contributed by atoms with E-state index in [2.05, 4.69) is 0 Å². The summed E-state index contributed by atoms with van der Waals surface area (Å²) in [5.74, 6) is -1.67. The quantitative estimate of drug-likeness (QED) is 0.541. The van der Waals surface area contributed by atoms with Gasteiger partial charge in [-0.1, -0.05) is 6.92 Å². The molecule has 0 aromatic carbocycles. The maximum absolute atomic E-state index is 11.5. The summed E-state index contributed by atoms with van der Waals surface area (Å²) in [6, 6.07) is 0. The molecule has 1 fully saturated rings. The lowest BCUT2D eigenvalue weighted by molar-refractivity contribution is -0.173. The number of hydrogen-bond acceptors (Lipinski definition) is 6. The van der Waals surface area contributed by atoms with E-state index < -0.39 is 24.2 Å². The summed E-state index contributed by atoms with van der Waals surface area (Å²) >= 11 is 0. The first-order valence-corrected chi connectivity index (χ1v) is 5.78. The second-order valence-electron chi connectivity index (χ2n) is 3.86. The number of ether oxygens (including phenoxy) is 3. The SMILES string of the molecule is CCCOC(=O)C=C(C)C(=O)OC1CCC(=O)O1. The Morgan fingerprint density at radius 2 is 2.22 bits per heavy atom. The lowest BCUT2D eigenvalue weighted by atomic mass is 10.3. The minimum Gasteiger partial charge on any atom is -0.463 e. The molecule has 0 amide bonds. The highest BCUT2D eigenvalue weighted by Crippen LogP contribution is 2.16. The summed E-state index contributed by atoms with van der Waals surface area (Å²) in [5, 5.41) is 0. The summed E-state index contributed by atoms with van der Waals surface area (Å²) < 4.78 is 14.4. The van der Waals surface area contributed by atoms with E-state index in [1.165, 1.54) is 6.92 Å². The van der Waals surface area contributed by atoms with Crippen molar-refractivity contribution >= 4 is 17.9 Å². The van der Waals surface area contributed by atoms with Gasteiger partial charge in [-0.3, -0.25) is 4.79 Å². The van der Waals surface area contributed by atoms with Crippen LogP contribution in [0.5, 0.6) is 0 Å². The zero-order valence-corrected chi connectivity index (χ0v) is 10.4. The molecule has 0 N–H and O–H groups in total. The van der Waals surface area contributed by atoms with Gasteiger partial charge < -0.3 is 14.2 Å². The number of esters is 3. The summed E-state index contributed by atoms with van der Waals surface area (Å²) in [4.78, 5) is 33.5. The van der Waals surface area contributed by atoms with E-state index >= 15 is 0 Å². The van der Waals surface area contributed by atoms with E-state index in [0.717, 1.165) is 6.08 Å². The van der Waals surface area contributed by atoms with E-state index in [9.17, 15) is 14.4 Å². The van der Waals surface area contributed by atoms with Gasteiger partial charge in [0.15, 0.2) is 0 Å². The molecular formula is C12H16O6. The van der Waals surface area contributed by atoms with Crippen LogP contribution in [0.1, 0.15) is 33.1 Å². The second-order valence-corrected chi connectivity index (χ2v) is 3.86. The average Bonchev–Trinajstić information content (AvgIpc) is 2.72. The van der Waals surface area contributed by atoms with Gasteiger partial charge in [0.05, 0.1) is 13.0 Å². The van der Waals surface area contributed by atoms with E-state index in [-0.39, 0.29) is 12.0 Å². The van der Waals surface area contributed by atoms with Gasteiger partial charge in [0.1, 0.15) is 0 Å². The Balaban J connectivity index is 2.42. The monoisotopic (exact) mass is 256 g/mol. The molecule has 0 aromatic rings. The van der Waals surface area contributed by atoms with Gasteiger partial charge in [0.25, 0.3) is 0 Å². The van der Waals surface area contributed by atoms with Gasteiger partial charge in [-0.2, -0.15) is 0 Å². The zero-order valence-electron chi connectivity index (χ0n) is 10.4. The summed E-state index contributed by atoms with van der Waals surface area (Å²) in [7, 11) is 0. The number of carbonyl (C=O) groups excluding carboxylic acids is 3. The van der Waals surface area contributed by atoms with Gasteiger partial charge in [0.2, 0.25) is 6.29 Å². The molecule has 18 heavy (non-hydrogen) atoms. The molecule has 1 aliphatic rings. The molecule has 1 heterocycles. The molecule has 1 saturated heterocycles. The van der Waals surface area contributed by atoms with Gasteiger partial charge in [-0.05, 0) is 13.3 Å². The predicted molar refractivity (Wildman–Crippen MR) is 60.2 cm³/mol. The summed E-state index contributed by atoms with van der Waals surface area (Å²) in [6.07, 6.45) is 1.51. The molecule has 0 spiro atoms. The highest BCUT2D eigenvalue weighted by atomic mass is 16.7. The highest BCUT2D eigenvalue weighted by Gasteiger charge is 2.27. The first kappa shape index (κ1) is 14.2. The van der Waals surface area contributed by atoms with Crippen molar-refractivity contribution in [2.75, 3.05) is 6.61 Å². The standard InChI is InChI=1S/C12H16O6/c1-3-6-16-10(14)7-8(2)12(15)18-11-5-4-9(13)17-11/h7,11H,3-6H2,1-2H3. The molecule has 0 radical (unpaired) electrons. The van der Waals surface area contributed by atoms with Crippen molar-refractivity contribution in [2.45, 2.75) is 39.4 Å². The van der Waals surface area contributed by atoms with Crippen LogP contribution < -0.4 is 0 Å². The predicted octanol–water partition coefficient (Wildman–Crippen LogP) is 1.09. The van der Waals surface area contributed by atoms with Crippen molar-refractivity contribution in [1.82, 2.24) is 0 Å². The summed E-state index contributed by atoms with van der Waals surface area (Å²) in [6.45, 7) is 3.61. The van der Waals surface area contributed by atoms with E-state index in [4.69, 9.17) is 14.2 Å². The van der Waals surface area contributed by atoms with Crippen LogP contribution in [0.2, 0.25) is 0 Å². The van der Waals surface area contributed by atoms with E-state index in [0.29, 0.717) is 19.4 Å². The third kappa shape index (κ3) is 4.57. The third-order valence-electron chi connectivity index (χ3n) is 2.19. The molecule has 0 bridgehead atoms. The van der Waals surface area contributed by atoms with Crippen LogP contribution in [-0.4, -0.2) is 30.8 Å². The molecule has 1 unspecified atom stereocenters. The fraction of sp³-hybridized carbons (Fsp3) is 0.583. The van der Waals surface area contributed by atoms with Crippen molar-refractivity contribution in [2.24, 2.45) is 0 Å². The minimum absolute atomic E-state index is 0.110. The lowest BCUT2D eigenvalue weighted by Gasteiger charge is -2.10. The first-order valence-electron chi connectivity index (χ1n) is 5.78. The van der Waals surface area contributed by atoms with E-state index in [1.807, 2.05) is 6.92 Å². The molecule has 0 aromatic heterocycles. The van der Waals surface area contributed by atoms with Crippen molar-refractivity contribution in [3.05, 3.63) is 11.6 Å². The van der Waals surface area contributed by atoms with Gasteiger partial charge in [-0.15, -0.1) is 0 Å². The molecule has 6 nitrogen and oxygen atoms in total. The van der Waals surface area contributed by atoms with Gasteiger partial charge in [-0.25, -0.2) is 9.59 Å². The van der Waals surface area contributed by atoms with Crippen molar-refractivity contribution in [3.63, 3.8) is 0 Å². The van der Waals surface area contributed by atoms with Crippen LogP contribution in [0.15, 0.2) is 11.6 Å². The molecular weight excluding hydrogens is 240 g/mol. The smallest absolute Gasteiger partial charge is 0.337 e. The van der Waals surface area contributed by atoms with Gasteiger partial charge in [0, 0.05) is 18.1 Å². The third-order valence-corrected chi connectivity index (χ3v) is 2.19. The molecule has 1 atom stereocenters. The molecule has 1 rings (SSSR count). The fourth-order valence-corrected chi connectivity index (χ4v) is 1.28. The Hall–Kier alpha value is -1.85. The van der Waals surface area contributed by atoms with E-state index in [1.54, 1.807) is 0 Å². The van der Waals surface area contributed by atoms with Crippen LogP contribution in [0.4, 0.5) is 0 Å². The average molecular weight is 256 g/mol. The van der Waals surface area contributed by atoms with Crippen LogP contribution in [0.25, 0.3) is 0 Å². The fourth-order valence-electron chi connectivity index (χ4n) is 1.28. The Labute approximate surface area is 105 Å². The maximum Gasteiger partial charge on any atom is 0.337 e. The van der Waals surface area contributed by atoms with Crippen LogP contribution in [0, 0.1) is 0 Å². The van der Waals surface area contributed by atoms with Crippen molar-refractivity contribution < 1.29 is 28.6 Å². The molecule has 6 heteroatoms. The van der Waals surface area contributed by atoms with Crippen molar-refractivity contribution in [1.29, 1.82) is 0 Å². The molecule has 100 valence electrons. The lowest BCUT2D eigenvalue weighted by Crippen LogP contribution is -2.18. The normalized spacial score (nSPS) is 19.3. The van der Waals surface area contributed by atoms with Crippen LogP contribution >= 0.6 is 0 Å². The Bertz CT molecular complexity index is 371. The number of hydrogen-bond donors (Lipinski definition) is 0. The molecule has 0 aliphatic carbocycles. The van der Waals surface area contributed by atoms with Crippen LogP contribution in [-0.2, 0) is 28.6 Å². The van der Waals surface area contributed by atoms with Crippen molar-refractivity contribution in [3.8, 4) is 0 Å². The highest BCUT2D eigenvalue weighted by molar-refractivity contribution is 5.96. The summed E-state index contributed by atoms with van der Waals surface area (Å²) in [5.41, 5.74) is 0.110. The Morgan fingerprint density at radius 3 is 2.78 bits per heavy atom. The Morgan fingerprint density at radius 1 is 1.50 bits per heavy atom. The zero-order chi connectivity index (χ0) is 13.5. The van der Waals surface area contributed by atoms with Gasteiger partial charge >= 0.3 is 17.9 Å². The number of cyclic esters (lactones) is 1. The van der Waals surface area contributed by atoms with Crippen LogP contribution in [0.3, 0.4) is 0 Å².